The van der Waals surface area contributed by atoms with Crippen molar-refractivity contribution < 1.29 is 8.42 Å². The maximum atomic E-state index is 12.2. The van der Waals surface area contributed by atoms with Crippen molar-refractivity contribution in [2.75, 3.05) is 5.73 Å². The van der Waals surface area contributed by atoms with Gasteiger partial charge in [0.05, 0.1) is 0 Å². The highest BCUT2D eigenvalue weighted by molar-refractivity contribution is 7.89. The molecule has 2 unspecified atom stereocenters. The van der Waals surface area contributed by atoms with Crippen LogP contribution in [0.2, 0.25) is 0 Å². The summed E-state index contributed by atoms with van der Waals surface area (Å²) < 4.78 is 28.6. The van der Waals surface area contributed by atoms with Gasteiger partial charge in [-0.1, -0.05) is 20.3 Å². The summed E-state index contributed by atoms with van der Waals surface area (Å²) in [5.74, 6) is 0.526. The van der Waals surface area contributed by atoms with Crippen molar-refractivity contribution in [3.8, 4) is 0 Å². The SMILES string of the molecule is CCC(C)CC(C)NS(=O)(=O)c1cn(CC)nc1N. The molecule has 0 aliphatic rings. The number of sulfonamides is 1. The van der Waals surface area contributed by atoms with Gasteiger partial charge in [-0.15, -0.1) is 0 Å². The second-order valence-corrected chi connectivity index (χ2v) is 6.69. The lowest BCUT2D eigenvalue weighted by Crippen LogP contribution is -2.33. The molecule has 1 rings (SSSR count). The first-order valence-corrected chi connectivity index (χ1v) is 8.13. The van der Waals surface area contributed by atoms with E-state index < -0.39 is 10.0 Å². The van der Waals surface area contributed by atoms with E-state index in [2.05, 4.69) is 23.7 Å². The normalized spacial score (nSPS) is 15.4. The van der Waals surface area contributed by atoms with E-state index in [9.17, 15) is 8.42 Å². The molecule has 0 bridgehead atoms. The van der Waals surface area contributed by atoms with Crippen LogP contribution in [0.5, 0.6) is 0 Å². The van der Waals surface area contributed by atoms with Crippen LogP contribution in [0.1, 0.15) is 40.5 Å². The van der Waals surface area contributed by atoms with Gasteiger partial charge in [0.25, 0.3) is 0 Å². The van der Waals surface area contributed by atoms with E-state index in [0.717, 1.165) is 12.8 Å². The molecule has 0 aromatic carbocycles. The van der Waals surface area contributed by atoms with Gasteiger partial charge in [-0.05, 0) is 26.2 Å². The number of hydrogen-bond donors (Lipinski definition) is 2. The summed E-state index contributed by atoms with van der Waals surface area (Å²) >= 11 is 0. The van der Waals surface area contributed by atoms with E-state index in [4.69, 9.17) is 5.73 Å². The summed E-state index contributed by atoms with van der Waals surface area (Å²) in [4.78, 5) is 0.0605. The Labute approximate surface area is 115 Å². The Morgan fingerprint density at radius 1 is 1.42 bits per heavy atom. The second-order valence-electron chi connectivity index (χ2n) is 5.01. The minimum Gasteiger partial charge on any atom is -0.381 e. The number of nitrogens with zero attached hydrogens (tertiary/aromatic N) is 2. The molecule has 0 aliphatic carbocycles. The van der Waals surface area contributed by atoms with E-state index in [1.54, 1.807) is 0 Å². The molecule has 1 aromatic heterocycles. The zero-order valence-electron chi connectivity index (χ0n) is 12.0. The summed E-state index contributed by atoms with van der Waals surface area (Å²) in [5.41, 5.74) is 5.66. The molecule has 0 spiro atoms. The number of aromatic nitrogens is 2. The van der Waals surface area contributed by atoms with Crippen molar-refractivity contribution in [2.45, 2.75) is 58.0 Å². The number of nitrogens with one attached hydrogen (secondary N) is 1. The van der Waals surface area contributed by atoms with Crippen molar-refractivity contribution in [3.05, 3.63) is 6.20 Å². The average molecular weight is 288 g/mol. The molecule has 0 fully saturated rings. The minimum absolute atomic E-state index is 0.0464. The van der Waals surface area contributed by atoms with E-state index in [-0.39, 0.29) is 16.8 Å². The molecule has 1 aromatic rings. The molecule has 7 heteroatoms. The first-order chi connectivity index (χ1) is 8.80. The molecule has 0 aliphatic heterocycles. The summed E-state index contributed by atoms with van der Waals surface area (Å²) in [7, 11) is -3.59. The minimum atomic E-state index is -3.59. The van der Waals surface area contributed by atoms with Gasteiger partial charge in [0.15, 0.2) is 5.82 Å². The number of nitrogens with two attached hydrogens (primary N) is 1. The van der Waals surface area contributed by atoms with Gasteiger partial charge >= 0.3 is 0 Å². The molecule has 110 valence electrons. The number of anilines is 1. The quantitative estimate of drug-likeness (QED) is 0.797. The molecular weight excluding hydrogens is 264 g/mol. The predicted octanol–water partition coefficient (Wildman–Crippen LogP) is 1.59. The van der Waals surface area contributed by atoms with Crippen molar-refractivity contribution in [1.82, 2.24) is 14.5 Å². The molecule has 0 amide bonds. The Balaban J connectivity index is 2.83. The second kappa shape index (κ2) is 6.38. The Hall–Kier alpha value is -1.08. The van der Waals surface area contributed by atoms with Crippen molar-refractivity contribution in [3.63, 3.8) is 0 Å². The van der Waals surface area contributed by atoms with Crippen LogP contribution in [0, 0.1) is 5.92 Å². The Morgan fingerprint density at radius 2 is 2.05 bits per heavy atom. The third-order valence-corrected chi connectivity index (χ3v) is 4.78. The Morgan fingerprint density at radius 3 is 2.53 bits per heavy atom. The van der Waals surface area contributed by atoms with Crippen LogP contribution in [0.4, 0.5) is 5.82 Å². The van der Waals surface area contributed by atoms with Crippen LogP contribution in [0.3, 0.4) is 0 Å². The standard InChI is InChI=1S/C12H24N4O2S/c1-5-9(3)7-10(4)15-19(17,18)11-8-16(6-2)14-12(11)13/h8-10,15H,5-7H2,1-4H3,(H2,13,14). The fourth-order valence-electron chi connectivity index (χ4n) is 1.93. The van der Waals surface area contributed by atoms with Crippen LogP contribution >= 0.6 is 0 Å². The smallest absolute Gasteiger partial charge is 0.246 e. The van der Waals surface area contributed by atoms with Crippen molar-refractivity contribution >= 4 is 15.8 Å². The van der Waals surface area contributed by atoms with Gasteiger partial charge in [-0.25, -0.2) is 13.1 Å². The van der Waals surface area contributed by atoms with Gasteiger partial charge in [-0.3, -0.25) is 4.68 Å². The fourth-order valence-corrected chi connectivity index (χ4v) is 3.26. The van der Waals surface area contributed by atoms with Gasteiger partial charge in [-0.2, -0.15) is 5.10 Å². The first-order valence-electron chi connectivity index (χ1n) is 6.65. The van der Waals surface area contributed by atoms with Crippen LogP contribution in [0.25, 0.3) is 0 Å². The maximum Gasteiger partial charge on any atom is 0.246 e. The fraction of sp³-hybridized carbons (Fsp3) is 0.750. The topological polar surface area (TPSA) is 90.0 Å². The van der Waals surface area contributed by atoms with Gasteiger partial charge < -0.3 is 5.73 Å². The summed E-state index contributed by atoms with van der Waals surface area (Å²) in [5, 5.41) is 3.96. The maximum absolute atomic E-state index is 12.2. The average Bonchev–Trinajstić information content (AvgIpc) is 2.70. The number of aryl methyl sites for hydroxylation is 1. The largest absolute Gasteiger partial charge is 0.381 e. The highest BCUT2D eigenvalue weighted by atomic mass is 32.2. The summed E-state index contributed by atoms with van der Waals surface area (Å²) in [6.07, 6.45) is 3.30. The van der Waals surface area contributed by atoms with Gasteiger partial charge in [0.1, 0.15) is 4.90 Å². The van der Waals surface area contributed by atoms with Crippen molar-refractivity contribution in [2.24, 2.45) is 5.92 Å². The molecule has 19 heavy (non-hydrogen) atoms. The third kappa shape index (κ3) is 4.21. The first kappa shape index (κ1) is 16.0. The molecule has 0 saturated carbocycles. The molecular formula is C12H24N4O2S. The lowest BCUT2D eigenvalue weighted by molar-refractivity contribution is 0.445. The van der Waals surface area contributed by atoms with E-state index in [1.165, 1.54) is 10.9 Å². The number of nitrogen functional groups attached to an aromatic ring is 1. The predicted molar refractivity (Wildman–Crippen MR) is 76.2 cm³/mol. The molecule has 0 saturated heterocycles. The highest BCUT2D eigenvalue weighted by Crippen LogP contribution is 2.18. The van der Waals surface area contributed by atoms with E-state index in [1.807, 2.05) is 13.8 Å². The molecule has 1 heterocycles. The number of hydrogen-bond acceptors (Lipinski definition) is 4. The van der Waals surface area contributed by atoms with Crippen LogP contribution in [-0.2, 0) is 16.6 Å². The third-order valence-electron chi connectivity index (χ3n) is 3.18. The Bertz CT molecular complexity index is 510. The zero-order chi connectivity index (χ0) is 14.6. The van der Waals surface area contributed by atoms with Gasteiger partial charge in [0.2, 0.25) is 10.0 Å². The highest BCUT2D eigenvalue weighted by Gasteiger charge is 2.23. The zero-order valence-corrected chi connectivity index (χ0v) is 12.9. The molecule has 3 N–H and O–H groups in total. The molecule has 0 radical (unpaired) electrons. The summed E-state index contributed by atoms with van der Waals surface area (Å²) in [6, 6.07) is -0.121. The van der Waals surface area contributed by atoms with E-state index >= 15 is 0 Å². The van der Waals surface area contributed by atoms with Crippen LogP contribution < -0.4 is 10.5 Å². The summed E-state index contributed by atoms with van der Waals surface area (Å²) in [6.45, 7) is 8.53. The van der Waals surface area contributed by atoms with Crippen molar-refractivity contribution in [1.29, 1.82) is 0 Å². The molecule has 2 atom stereocenters. The lowest BCUT2D eigenvalue weighted by Gasteiger charge is -2.17. The monoisotopic (exact) mass is 288 g/mol. The Kier molecular flexibility index (Phi) is 5.37. The molecule has 6 nitrogen and oxygen atoms in total. The van der Waals surface area contributed by atoms with E-state index in [0.29, 0.717) is 12.5 Å². The van der Waals surface area contributed by atoms with Crippen LogP contribution in [-0.4, -0.2) is 24.2 Å². The van der Waals surface area contributed by atoms with Gasteiger partial charge in [0, 0.05) is 18.8 Å². The number of rotatable bonds is 7. The van der Waals surface area contributed by atoms with Crippen LogP contribution in [0.15, 0.2) is 11.1 Å². The lowest BCUT2D eigenvalue weighted by atomic mass is 10.0.